The van der Waals surface area contributed by atoms with E-state index in [2.05, 4.69) is 9.98 Å². The first-order valence-corrected chi connectivity index (χ1v) is 9.00. The van der Waals surface area contributed by atoms with E-state index < -0.39 is 30.0 Å². The van der Waals surface area contributed by atoms with Gasteiger partial charge in [-0.25, -0.2) is 4.79 Å². The smallest absolute Gasteiger partial charge is 0.329 e. The molecule has 0 aromatic carbocycles. The molecule has 25 heavy (non-hydrogen) atoms. The highest BCUT2D eigenvalue weighted by atomic mass is 32.2. The lowest BCUT2D eigenvalue weighted by molar-refractivity contribution is -0.758. The minimum absolute atomic E-state index is 0.168. The number of aliphatic imine (C=N–C) groups is 1. The van der Waals surface area contributed by atoms with E-state index in [0.717, 1.165) is 0 Å². The van der Waals surface area contributed by atoms with Crippen molar-refractivity contribution in [2.24, 2.45) is 16.8 Å². The SMILES string of the molecule is C[C@@H]1C([C@H](C(=O)O)[C@@H](C)O)=NC(C(=O)O)[C@H]1SC1Cn2cnc[n+]2C1. The Morgan fingerprint density at radius 2 is 2.16 bits per heavy atom. The highest BCUT2D eigenvalue weighted by Gasteiger charge is 2.47. The average Bonchev–Trinajstić information content (AvgIpc) is 3.15. The fourth-order valence-electron chi connectivity index (χ4n) is 3.53. The molecule has 3 heterocycles. The molecule has 136 valence electrons. The van der Waals surface area contributed by atoms with Crippen molar-refractivity contribution < 1.29 is 29.6 Å². The van der Waals surface area contributed by atoms with Crippen LogP contribution in [0.5, 0.6) is 0 Å². The minimum atomic E-state index is -1.19. The van der Waals surface area contributed by atoms with Crippen molar-refractivity contribution in [2.45, 2.75) is 49.6 Å². The quantitative estimate of drug-likeness (QED) is 0.564. The molecule has 9 nitrogen and oxygen atoms in total. The molecule has 0 spiro atoms. The van der Waals surface area contributed by atoms with Crippen LogP contribution in [0.2, 0.25) is 0 Å². The molecular formula is C15H21N4O5S+. The predicted molar refractivity (Wildman–Crippen MR) is 88.4 cm³/mol. The fraction of sp³-hybridized carbons (Fsp3) is 0.667. The number of carboxylic acids is 2. The standard InChI is InChI=1S/C15H20N4O5S/c1-7-11(10(8(2)20)14(21)22)17-12(15(23)24)13(7)25-9-3-18-5-16-6-19(18)4-9/h5-10,12-13,20H,3-4H2,1-2H3,(H-,21,22,23,24)/p+1/t7-,8-,10-,12?,13+/m1/s1. The van der Waals surface area contributed by atoms with Gasteiger partial charge >= 0.3 is 18.3 Å². The second-order valence-corrected chi connectivity index (χ2v) is 8.01. The van der Waals surface area contributed by atoms with Gasteiger partial charge in [-0.3, -0.25) is 9.79 Å². The maximum Gasteiger partial charge on any atom is 0.329 e. The van der Waals surface area contributed by atoms with E-state index in [-0.39, 0.29) is 22.1 Å². The van der Waals surface area contributed by atoms with Gasteiger partial charge in [-0.1, -0.05) is 6.92 Å². The van der Waals surface area contributed by atoms with Crippen LogP contribution in [0.1, 0.15) is 13.8 Å². The summed E-state index contributed by atoms with van der Waals surface area (Å²) in [6, 6.07) is -1.00. The van der Waals surface area contributed by atoms with Gasteiger partial charge in [-0.2, -0.15) is 9.36 Å². The van der Waals surface area contributed by atoms with Crippen molar-refractivity contribution in [1.82, 2.24) is 9.67 Å². The normalized spacial score (nSPS) is 30.6. The summed E-state index contributed by atoms with van der Waals surface area (Å²) in [4.78, 5) is 31.4. The third-order valence-electron chi connectivity index (χ3n) is 4.74. The number of aliphatic hydroxyl groups excluding tert-OH is 1. The number of hydrogen-bond acceptors (Lipinski definition) is 6. The summed E-state index contributed by atoms with van der Waals surface area (Å²) in [5.41, 5.74) is 0.263. The van der Waals surface area contributed by atoms with E-state index in [1.807, 2.05) is 9.36 Å². The molecule has 5 atom stereocenters. The summed E-state index contributed by atoms with van der Waals surface area (Å²) < 4.78 is 3.93. The third-order valence-corrected chi connectivity index (χ3v) is 6.40. The second kappa shape index (κ2) is 6.75. The first-order valence-electron chi connectivity index (χ1n) is 8.06. The van der Waals surface area contributed by atoms with E-state index in [1.54, 1.807) is 19.6 Å². The van der Waals surface area contributed by atoms with Crippen LogP contribution in [-0.4, -0.2) is 65.3 Å². The highest BCUT2D eigenvalue weighted by molar-refractivity contribution is 8.00. The van der Waals surface area contributed by atoms with Gasteiger partial charge < -0.3 is 15.3 Å². The lowest BCUT2D eigenvalue weighted by Crippen LogP contribution is -2.39. The molecule has 0 aliphatic carbocycles. The number of rotatable bonds is 6. The van der Waals surface area contributed by atoms with Crippen molar-refractivity contribution in [3.63, 3.8) is 0 Å². The molecule has 0 amide bonds. The highest BCUT2D eigenvalue weighted by Crippen LogP contribution is 2.38. The fourth-order valence-corrected chi connectivity index (χ4v) is 5.15. The Morgan fingerprint density at radius 1 is 1.44 bits per heavy atom. The van der Waals surface area contributed by atoms with E-state index >= 15 is 0 Å². The van der Waals surface area contributed by atoms with Crippen molar-refractivity contribution in [1.29, 1.82) is 0 Å². The zero-order valence-corrected chi connectivity index (χ0v) is 14.7. The van der Waals surface area contributed by atoms with Crippen molar-refractivity contribution in [2.75, 3.05) is 0 Å². The molecule has 2 aliphatic rings. The lowest BCUT2D eigenvalue weighted by atomic mass is 9.88. The van der Waals surface area contributed by atoms with Gasteiger partial charge in [0.2, 0.25) is 6.33 Å². The number of hydrogen-bond donors (Lipinski definition) is 3. The molecular weight excluding hydrogens is 348 g/mol. The van der Waals surface area contributed by atoms with Crippen LogP contribution in [0.3, 0.4) is 0 Å². The summed E-state index contributed by atoms with van der Waals surface area (Å²) in [6.45, 7) is 4.61. The summed E-state index contributed by atoms with van der Waals surface area (Å²) in [5.74, 6) is -3.78. The van der Waals surface area contributed by atoms with E-state index in [9.17, 15) is 24.9 Å². The molecule has 3 N–H and O–H groups in total. The molecule has 10 heteroatoms. The number of carboxylic acid groups (broad SMARTS) is 2. The largest absolute Gasteiger partial charge is 0.481 e. The van der Waals surface area contributed by atoms with Crippen molar-refractivity contribution in [3.8, 4) is 0 Å². The Morgan fingerprint density at radius 3 is 2.72 bits per heavy atom. The first-order chi connectivity index (χ1) is 11.8. The molecule has 3 rings (SSSR count). The van der Waals surface area contributed by atoms with E-state index in [1.165, 1.54) is 18.7 Å². The van der Waals surface area contributed by atoms with Gasteiger partial charge in [0.1, 0.15) is 12.5 Å². The maximum atomic E-state index is 11.7. The van der Waals surface area contributed by atoms with Gasteiger partial charge in [-0.05, 0) is 11.9 Å². The summed E-state index contributed by atoms with van der Waals surface area (Å²) in [5, 5.41) is 28.6. The van der Waals surface area contributed by atoms with Gasteiger partial charge in [-0.15, -0.1) is 11.8 Å². The number of aromatic nitrogens is 3. The Balaban J connectivity index is 1.79. The van der Waals surface area contributed by atoms with Crippen molar-refractivity contribution >= 4 is 29.4 Å². The Hall–Kier alpha value is -1.94. The Kier molecular flexibility index (Phi) is 4.83. The van der Waals surface area contributed by atoms with Crippen LogP contribution in [0.4, 0.5) is 0 Å². The number of nitrogens with zero attached hydrogens (tertiary/aromatic N) is 4. The monoisotopic (exact) mass is 369 g/mol. The van der Waals surface area contributed by atoms with Crippen LogP contribution >= 0.6 is 11.8 Å². The van der Waals surface area contributed by atoms with E-state index in [4.69, 9.17) is 0 Å². The number of thioether (sulfide) groups is 1. The lowest BCUT2D eigenvalue weighted by Gasteiger charge is -2.24. The second-order valence-electron chi connectivity index (χ2n) is 6.53. The molecule has 1 aromatic rings. The first kappa shape index (κ1) is 17.9. The molecule has 1 aromatic heterocycles. The number of carbonyl (C=O) groups is 2. The summed E-state index contributed by atoms with van der Waals surface area (Å²) >= 11 is 1.53. The van der Waals surface area contributed by atoms with Crippen LogP contribution < -0.4 is 4.68 Å². The molecule has 0 radical (unpaired) electrons. The van der Waals surface area contributed by atoms with Crippen LogP contribution in [0, 0.1) is 11.8 Å². The van der Waals surface area contributed by atoms with Gasteiger partial charge in [0, 0.05) is 16.9 Å². The van der Waals surface area contributed by atoms with Gasteiger partial charge in [0.25, 0.3) is 0 Å². The predicted octanol–water partition coefficient (Wildman–Crippen LogP) is -0.720. The molecule has 0 bridgehead atoms. The summed E-state index contributed by atoms with van der Waals surface area (Å²) in [6.07, 6.45) is 2.32. The maximum absolute atomic E-state index is 11.7. The minimum Gasteiger partial charge on any atom is -0.481 e. The Labute approximate surface area is 148 Å². The number of aliphatic carboxylic acids is 2. The number of fused-ring (bicyclic) bond motifs is 1. The molecule has 1 unspecified atom stereocenters. The molecule has 0 saturated carbocycles. The Bertz CT molecular complexity index is 698. The van der Waals surface area contributed by atoms with Crippen LogP contribution in [0.15, 0.2) is 17.6 Å². The van der Waals surface area contributed by atoms with Crippen molar-refractivity contribution in [3.05, 3.63) is 12.7 Å². The summed E-state index contributed by atoms with van der Waals surface area (Å²) in [7, 11) is 0. The van der Waals surface area contributed by atoms with Gasteiger partial charge in [0.05, 0.1) is 17.9 Å². The topological polar surface area (TPSA) is 129 Å². The van der Waals surface area contributed by atoms with E-state index in [0.29, 0.717) is 13.1 Å². The third kappa shape index (κ3) is 3.28. The van der Waals surface area contributed by atoms with Crippen LogP contribution in [-0.2, 0) is 22.7 Å². The zero-order valence-electron chi connectivity index (χ0n) is 13.9. The van der Waals surface area contributed by atoms with Gasteiger partial charge in [0.15, 0.2) is 6.04 Å². The van der Waals surface area contributed by atoms with Crippen LogP contribution in [0.25, 0.3) is 0 Å². The number of aliphatic hydroxyl groups is 1. The zero-order chi connectivity index (χ0) is 18.3. The molecule has 2 aliphatic heterocycles. The molecule has 0 saturated heterocycles. The molecule has 0 fully saturated rings. The average molecular weight is 369 g/mol.